The molecule has 4 rings (SSSR count). The molecule has 0 unspecified atom stereocenters. The summed E-state index contributed by atoms with van der Waals surface area (Å²) in [5.41, 5.74) is 3.08. The summed E-state index contributed by atoms with van der Waals surface area (Å²) in [5.74, 6) is -1.32. The highest BCUT2D eigenvalue weighted by atomic mass is 32.3. The van der Waals surface area contributed by atoms with E-state index in [2.05, 4.69) is 21.6 Å². The summed E-state index contributed by atoms with van der Waals surface area (Å²) in [7, 11) is -5.03. The Bertz CT molecular complexity index is 1350. The molecule has 8 amide bonds. The summed E-state index contributed by atoms with van der Waals surface area (Å²) in [6, 6.07) is -5.28. The van der Waals surface area contributed by atoms with Crippen LogP contribution in [0.2, 0.25) is 0 Å². The molecular weight excluding hydrogens is 704 g/mol. The Labute approximate surface area is 294 Å². The average Bonchev–Trinajstić information content (AvgIpc) is 3.38. The molecule has 4 bridgehead atoms. The predicted octanol–water partition coefficient (Wildman–Crippen LogP) is -0.223. The number of amides is 8. The molecular formula is C28H46N8O14S. The van der Waals surface area contributed by atoms with Crippen LogP contribution in [0, 0.1) is 0 Å². The number of nitrogens with zero attached hydrogens (tertiary/aromatic N) is 4. The molecule has 0 saturated carbocycles. The van der Waals surface area contributed by atoms with Crippen molar-refractivity contribution in [3.8, 4) is 0 Å². The maximum atomic E-state index is 13.1. The molecule has 51 heavy (non-hydrogen) atoms. The highest BCUT2D eigenvalue weighted by Crippen LogP contribution is 2.34. The molecule has 4 aliphatic rings. The lowest BCUT2D eigenvalue weighted by molar-refractivity contribution is -0.139. The van der Waals surface area contributed by atoms with Gasteiger partial charge < -0.3 is 29.9 Å². The van der Waals surface area contributed by atoms with E-state index >= 15 is 0 Å². The highest BCUT2D eigenvalue weighted by Gasteiger charge is 2.52. The molecule has 4 atom stereocenters. The van der Waals surface area contributed by atoms with Crippen molar-refractivity contribution in [2.75, 3.05) is 39.4 Å². The molecule has 4 N–H and O–H groups in total. The number of urea groups is 2. The Morgan fingerprint density at radius 1 is 0.667 bits per heavy atom. The minimum absolute atomic E-state index is 0.0262. The first-order valence-corrected chi connectivity index (χ1v) is 17.7. The first-order valence-electron chi connectivity index (χ1n) is 16.4. The van der Waals surface area contributed by atoms with Crippen LogP contribution in [0.3, 0.4) is 0 Å². The maximum absolute atomic E-state index is 13.1. The zero-order valence-corrected chi connectivity index (χ0v) is 30.1. The number of hydrogen-bond donors (Lipinski definition) is 4. The largest absolute Gasteiger partial charge is 0.444 e. The fraction of sp³-hybridized carbons (Fsp3) is 0.786. The molecule has 22 nitrogen and oxygen atoms in total. The zero-order chi connectivity index (χ0) is 37.7. The number of carbonyl (C=O) groups excluding carboxylic acids is 6. The van der Waals surface area contributed by atoms with Gasteiger partial charge in [-0.15, -0.1) is 8.57 Å². The third kappa shape index (κ3) is 10.9. The minimum atomic E-state index is -5.03. The van der Waals surface area contributed by atoms with Crippen LogP contribution in [0.15, 0.2) is 0 Å². The summed E-state index contributed by atoms with van der Waals surface area (Å²) in [6.07, 6.45) is -0.590. The van der Waals surface area contributed by atoms with Gasteiger partial charge in [-0.3, -0.25) is 19.3 Å². The molecule has 4 heterocycles. The van der Waals surface area contributed by atoms with Crippen molar-refractivity contribution in [3.05, 3.63) is 0 Å². The summed E-state index contributed by atoms with van der Waals surface area (Å²) in [4.78, 5) is 87.6. The van der Waals surface area contributed by atoms with E-state index in [0.717, 1.165) is 9.80 Å². The molecule has 288 valence electrons. The summed E-state index contributed by atoms with van der Waals surface area (Å²) >= 11 is 0. The first kappa shape index (κ1) is 39.6. The minimum Gasteiger partial charge on any atom is -0.444 e. The van der Waals surface area contributed by atoms with Gasteiger partial charge in [-0.1, -0.05) is 0 Å². The van der Waals surface area contributed by atoms with Gasteiger partial charge in [0.1, 0.15) is 23.3 Å². The average molecular weight is 751 g/mol. The second-order valence-electron chi connectivity index (χ2n) is 14.1. The third-order valence-electron chi connectivity index (χ3n) is 7.68. The fourth-order valence-electron chi connectivity index (χ4n) is 5.63. The van der Waals surface area contributed by atoms with E-state index in [4.69, 9.17) is 27.7 Å². The van der Waals surface area contributed by atoms with E-state index in [1.165, 1.54) is 0 Å². The molecule has 4 aliphatic heterocycles. The number of carbonyl (C=O) groups is 6. The van der Waals surface area contributed by atoms with Gasteiger partial charge in [0.25, 0.3) is 11.8 Å². The fourth-order valence-corrected chi connectivity index (χ4v) is 6.42. The number of nitrogens with one attached hydrogen (secondary N) is 4. The lowest BCUT2D eigenvalue weighted by atomic mass is 10.0. The van der Waals surface area contributed by atoms with Crippen molar-refractivity contribution in [1.82, 2.24) is 41.5 Å². The lowest BCUT2D eigenvalue weighted by Crippen LogP contribution is -2.50. The zero-order valence-electron chi connectivity index (χ0n) is 29.3. The Kier molecular flexibility index (Phi) is 12.4. The van der Waals surface area contributed by atoms with E-state index in [1.54, 1.807) is 41.5 Å². The topological polar surface area (TPSA) is 253 Å². The Hall–Kier alpha value is -4.19. The first-order chi connectivity index (χ1) is 23.7. The number of fused-ring (bicyclic) bond motifs is 4. The molecule has 0 aromatic carbocycles. The van der Waals surface area contributed by atoms with Crippen molar-refractivity contribution in [2.24, 2.45) is 0 Å². The quantitative estimate of drug-likeness (QED) is 0.132. The molecule has 0 aromatic heterocycles. The second-order valence-corrected chi connectivity index (χ2v) is 15.2. The van der Waals surface area contributed by atoms with Crippen molar-refractivity contribution in [1.29, 1.82) is 0 Å². The Balaban J connectivity index is 1.21. The van der Waals surface area contributed by atoms with Gasteiger partial charge in [0, 0.05) is 26.2 Å². The molecule has 23 heteroatoms. The van der Waals surface area contributed by atoms with Crippen LogP contribution < -0.4 is 21.6 Å². The Morgan fingerprint density at radius 2 is 1.04 bits per heavy atom. The van der Waals surface area contributed by atoms with Crippen LogP contribution in [-0.2, 0) is 47.7 Å². The molecule has 4 saturated heterocycles. The number of hydroxylamine groups is 6. The molecule has 0 aromatic rings. The maximum Gasteiger partial charge on any atom is 0.442 e. The standard InChI is InChI=1S/C28H46N8O14S/c1-27(2,3)47-23(39)29-11-13-45-31-21(37)19-9-7-17-15-33(19)25(41)35(17)49-51(43,44)50-36-18-8-10-20(34(16-18)26(36)42)22(38)32-46-14-12-30-24(40)48-28(4,5)6/h17-20H,7-16H2,1-6H3,(H,29,39)(H,30,40)(H,31,37)(H,32,38)/t17-,18-,19+,20+/m1/s1. The normalized spacial score (nSPS) is 23.3. The van der Waals surface area contributed by atoms with Gasteiger partial charge in [-0.25, -0.2) is 30.1 Å². The highest BCUT2D eigenvalue weighted by molar-refractivity contribution is 7.81. The summed E-state index contributed by atoms with van der Waals surface area (Å²) < 4.78 is 46.1. The van der Waals surface area contributed by atoms with Crippen LogP contribution in [0.25, 0.3) is 0 Å². The van der Waals surface area contributed by atoms with E-state index < -0.39 is 81.8 Å². The number of piperidine rings is 2. The van der Waals surface area contributed by atoms with Crippen LogP contribution in [0.5, 0.6) is 0 Å². The smallest absolute Gasteiger partial charge is 0.442 e. The molecule has 0 radical (unpaired) electrons. The molecule has 4 fully saturated rings. The predicted molar refractivity (Wildman–Crippen MR) is 169 cm³/mol. The molecule has 0 aliphatic carbocycles. The van der Waals surface area contributed by atoms with Crippen LogP contribution in [-0.4, -0.2) is 139 Å². The van der Waals surface area contributed by atoms with Gasteiger partial charge in [-0.2, -0.15) is 18.5 Å². The second kappa shape index (κ2) is 16.0. The van der Waals surface area contributed by atoms with E-state index in [-0.39, 0.29) is 65.1 Å². The Morgan fingerprint density at radius 3 is 1.39 bits per heavy atom. The monoisotopic (exact) mass is 750 g/mol. The van der Waals surface area contributed by atoms with Gasteiger partial charge in [0.15, 0.2) is 0 Å². The van der Waals surface area contributed by atoms with Crippen molar-refractivity contribution < 1.29 is 64.9 Å². The van der Waals surface area contributed by atoms with E-state index in [0.29, 0.717) is 10.1 Å². The van der Waals surface area contributed by atoms with Crippen molar-refractivity contribution >= 4 is 46.5 Å². The number of ether oxygens (including phenoxy) is 2. The van der Waals surface area contributed by atoms with E-state index in [9.17, 15) is 37.2 Å². The van der Waals surface area contributed by atoms with Crippen LogP contribution >= 0.6 is 0 Å². The van der Waals surface area contributed by atoms with Gasteiger partial charge >= 0.3 is 34.6 Å². The number of rotatable bonds is 14. The summed E-state index contributed by atoms with van der Waals surface area (Å²) in [6.45, 7) is 10.1. The lowest BCUT2D eigenvalue weighted by Gasteiger charge is -2.29. The van der Waals surface area contributed by atoms with Gasteiger partial charge in [0.2, 0.25) is 0 Å². The van der Waals surface area contributed by atoms with E-state index in [1.807, 2.05) is 0 Å². The van der Waals surface area contributed by atoms with Crippen LogP contribution in [0.1, 0.15) is 67.2 Å². The number of alkyl carbamates (subject to hydrolysis) is 2. The van der Waals surface area contributed by atoms with Crippen molar-refractivity contribution in [3.63, 3.8) is 0 Å². The van der Waals surface area contributed by atoms with Gasteiger partial charge in [0.05, 0.1) is 25.3 Å². The van der Waals surface area contributed by atoms with Crippen LogP contribution in [0.4, 0.5) is 19.2 Å². The SMILES string of the molecule is CC(C)(C)OC(=O)NCCONC(=O)[C@@H]1CC[C@@H]2CN1C(=O)N2OS(=O)(=O)ON1C(=O)N2C[C@H]1CC[C@H]2C(=O)NOCCNC(=O)OC(C)(C)C. The molecule has 0 spiro atoms. The number of hydrogen-bond acceptors (Lipinski definition) is 14. The van der Waals surface area contributed by atoms with Gasteiger partial charge in [-0.05, 0) is 67.2 Å². The van der Waals surface area contributed by atoms with Crippen molar-refractivity contribution in [2.45, 2.75) is 103 Å². The third-order valence-corrected chi connectivity index (χ3v) is 8.37. The summed E-state index contributed by atoms with van der Waals surface area (Å²) in [5, 5.41) is 6.10.